The van der Waals surface area contributed by atoms with E-state index in [-0.39, 0.29) is 49.9 Å². The molecule has 13 heteroatoms. The van der Waals surface area contributed by atoms with E-state index >= 15 is 0 Å². The van der Waals surface area contributed by atoms with Crippen molar-refractivity contribution in [1.82, 2.24) is 0 Å². The molecule has 1 aromatic rings. The van der Waals surface area contributed by atoms with E-state index in [1.165, 1.54) is 12.1 Å². The Balaban J connectivity index is 3.75. The minimum atomic E-state index is -3.60. The van der Waals surface area contributed by atoms with E-state index in [2.05, 4.69) is 13.8 Å². The average molecular weight is 925 g/mol. The predicted octanol–water partition coefficient (Wildman–Crippen LogP) is 13.7. The number of carboxylic acids is 2. The van der Waals surface area contributed by atoms with Gasteiger partial charge in [0, 0.05) is 18.9 Å². The van der Waals surface area contributed by atoms with Gasteiger partial charge in [0.2, 0.25) is 10.9 Å². The number of nitro groups is 1. The lowest BCUT2D eigenvalue weighted by molar-refractivity contribution is -0.384. The zero-order chi connectivity index (χ0) is 47.7. The third kappa shape index (κ3) is 22.6. The molecule has 0 aliphatic carbocycles. The standard InChI is InChI=1S/C51H92N2O10S/c1-5-7-9-11-19-25-31-39-50(58,40-32-26-20-12-10-8-6-2)49(4,52(64(62)63)45-38-37-44(3)43-46(45)53(60)61)51(59,41-33-27-21-15-13-17-23-29-35-47(54)55)42-34-28-22-16-14-18-24-30-36-48(56)57/h37-38,43,58-59,64H,5-36,39-42H2,1-4H3,(H,54,55)(H,56,57). The first kappa shape index (κ1) is 59.2. The van der Waals surface area contributed by atoms with Crippen molar-refractivity contribution in [2.45, 2.75) is 276 Å². The van der Waals surface area contributed by atoms with E-state index in [1.54, 1.807) is 19.9 Å². The SMILES string of the molecule is CCCCCCCCCC(O)(CCCCCCCCC)C(C)(N(c1ccc(C)cc1[N+](=O)[O-])[SH](=O)=O)C(O)(CCCCCCCCCCC(=O)O)CCCCCCCCCCC(=O)O. The molecule has 12 nitrogen and oxygen atoms in total. The Bertz CT molecular complexity index is 1440. The summed E-state index contributed by atoms with van der Waals surface area (Å²) >= 11 is 0. The van der Waals surface area contributed by atoms with Crippen molar-refractivity contribution in [2.75, 3.05) is 4.31 Å². The summed E-state index contributed by atoms with van der Waals surface area (Å²) in [5.41, 5.74) is -5.28. The molecule has 0 saturated carbocycles. The van der Waals surface area contributed by atoms with E-state index in [0.29, 0.717) is 44.1 Å². The molecule has 1 rings (SSSR count). The highest BCUT2D eigenvalue weighted by Gasteiger charge is 2.63. The van der Waals surface area contributed by atoms with E-state index in [0.717, 1.165) is 158 Å². The number of carboxylic acid groups (broad SMARTS) is 2. The van der Waals surface area contributed by atoms with Crippen molar-refractivity contribution in [1.29, 1.82) is 0 Å². The number of anilines is 1. The fraction of sp³-hybridized carbons (Fsp3) is 0.843. The zero-order valence-corrected chi connectivity index (χ0v) is 41.7. The van der Waals surface area contributed by atoms with Crippen LogP contribution in [0.2, 0.25) is 0 Å². The Morgan fingerprint density at radius 1 is 0.562 bits per heavy atom. The highest BCUT2D eigenvalue weighted by molar-refractivity contribution is 7.74. The topological polar surface area (TPSA) is 196 Å². The Kier molecular flexibility index (Phi) is 32.0. The molecule has 0 heterocycles. The molecule has 0 amide bonds. The monoisotopic (exact) mass is 925 g/mol. The van der Waals surface area contributed by atoms with Crippen LogP contribution in [0.5, 0.6) is 0 Å². The molecule has 0 spiro atoms. The second-order valence-electron chi connectivity index (χ2n) is 19.1. The van der Waals surface area contributed by atoms with E-state index in [4.69, 9.17) is 10.2 Å². The van der Waals surface area contributed by atoms with Crippen molar-refractivity contribution in [2.24, 2.45) is 0 Å². The Morgan fingerprint density at radius 3 is 1.14 bits per heavy atom. The molecule has 0 saturated heterocycles. The van der Waals surface area contributed by atoms with Crippen molar-refractivity contribution in [3.63, 3.8) is 0 Å². The summed E-state index contributed by atoms with van der Waals surface area (Å²) in [6.45, 7) is 7.76. The number of carbonyl (C=O) groups is 2. The van der Waals surface area contributed by atoms with Crippen LogP contribution in [0.4, 0.5) is 11.4 Å². The molecule has 0 aliphatic rings. The number of benzene rings is 1. The largest absolute Gasteiger partial charge is 0.481 e. The fourth-order valence-corrected chi connectivity index (χ4v) is 10.8. The first-order valence-electron chi connectivity index (χ1n) is 25.7. The molecular formula is C51H92N2O10S. The molecule has 0 aliphatic heterocycles. The van der Waals surface area contributed by atoms with Gasteiger partial charge in [0.15, 0.2) is 0 Å². The van der Waals surface area contributed by atoms with Gasteiger partial charge < -0.3 is 20.4 Å². The fourth-order valence-electron chi connectivity index (χ4n) is 9.76. The van der Waals surface area contributed by atoms with Crippen LogP contribution in [0.15, 0.2) is 18.2 Å². The Morgan fingerprint density at radius 2 is 0.859 bits per heavy atom. The van der Waals surface area contributed by atoms with Gasteiger partial charge in [-0.1, -0.05) is 200 Å². The number of nitrogens with zero attached hydrogens (tertiary/aromatic N) is 2. The van der Waals surface area contributed by atoms with Crippen molar-refractivity contribution in [3.05, 3.63) is 33.9 Å². The lowest BCUT2D eigenvalue weighted by atomic mass is 9.61. The number of thiol groups is 1. The van der Waals surface area contributed by atoms with Gasteiger partial charge in [-0.05, 0) is 64.0 Å². The maximum atomic E-state index is 14.0. The minimum absolute atomic E-state index is 0.143. The van der Waals surface area contributed by atoms with Gasteiger partial charge >= 0.3 is 11.9 Å². The summed E-state index contributed by atoms with van der Waals surface area (Å²) in [6.07, 6.45) is 28.4. The first-order chi connectivity index (χ1) is 30.6. The quantitative estimate of drug-likeness (QED) is 0.0182. The third-order valence-electron chi connectivity index (χ3n) is 13.8. The molecule has 0 bridgehead atoms. The maximum Gasteiger partial charge on any atom is 0.303 e. The number of aliphatic carboxylic acids is 2. The molecule has 0 fully saturated rings. The second kappa shape index (κ2) is 34.5. The summed E-state index contributed by atoms with van der Waals surface area (Å²) in [4.78, 5) is 34.0. The Hall–Kier alpha value is -2.77. The van der Waals surface area contributed by atoms with Crippen LogP contribution in [0, 0.1) is 17.0 Å². The predicted molar refractivity (Wildman–Crippen MR) is 262 cm³/mol. The molecule has 1 unspecified atom stereocenters. The summed E-state index contributed by atoms with van der Waals surface area (Å²) in [7, 11) is -3.60. The molecule has 0 radical (unpaired) electrons. The minimum Gasteiger partial charge on any atom is -0.481 e. The molecule has 64 heavy (non-hydrogen) atoms. The number of unbranched alkanes of at least 4 members (excludes halogenated alkanes) is 26. The number of aliphatic hydroxyl groups is 2. The summed E-state index contributed by atoms with van der Waals surface area (Å²) < 4.78 is 29.1. The second-order valence-corrected chi connectivity index (χ2v) is 20.0. The van der Waals surface area contributed by atoms with Crippen LogP contribution in [-0.2, 0) is 20.5 Å². The van der Waals surface area contributed by atoms with E-state index in [1.807, 2.05) is 0 Å². The third-order valence-corrected chi connectivity index (χ3v) is 14.7. The number of hydrogen-bond donors (Lipinski definition) is 5. The summed E-state index contributed by atoms with van der Waals surface area (Å²) in [5, 5.41) is 57.8. The van der Waals surface area contributed by atoms with Gasteiger partial charge in [-0.15, -0.1) is 0 Å². The number of rotatable bonds is 44. The highest BCUT2D eigenvalue weighted by Crippen LogP contribution is 2.51. The van der Waals surface area contributed by atoms with Crippen LogP contribution in [0.25, 0.3) is 0 Å². The van der Waals surface area contributed by atoms with Crippen molar-refractivity contribution < 1.29 is 43.4 Å². The van der Waals surface area contributed by atoms with Crippen LogP contribution in [0.3, 0.4) is 0 Å². The van der Waals surface area contributed by atoms with Crippen molar-refractivity contribution in [3.8, 4) is 0 Å². The number of nitro benzene ring substituents is 1. The summed E-state index contributed by atoms with van der Waals surface area (Å²) in [5.74, 6) is -1.56. The molecule has 1 atom stereocenters. The van der Waals surface area contributed by atoms with Gasteiger partial charge in [-0.25, -0.2) is 8.42 Å². The Labute approximate surface area is 390 Å². The van der Waals surface area contributed by atoms with E-state index < -0.39 is 44.5 Å². The smallest absolute Gasteiger partial charge is 0.303 e. The zero-order valence-electron chi connectivity index (χ0n) is 40.8. The number of hydrogen-bond acceptors (Lipinski definition) is 8. The van der Waals surface area contributed by atoms with Gasteiger partial charge in [0.05, 0.1) is 16.1 Å². The molecule has 372 valence electrons. The van der Waals surface area contributed by atoms with Crippen molar-refractivity contribution >= 4 is 34.2 Å². The van der Waals surface area contributed by atoms with Crippen LogP contribution >= 0.6 is 0 Å². The lowest BCUT2D eigenvalue weighted by Gasteiger charge is -2.58. The van der Waals surface area contributed by atoms with Gasteiger partial charge in [-0.2, -0.15) is 0 Å². The highest BCUT2D eigenvalue weighted by atomic mass is 32.2. The molecule has 4 N–H and O–H groups in total. The van der Waals surface area contributed by atoms with E-state index in [9.17, 15) is 38.3 Å². The van der Waals surface area contributed by atoms with Crippen LogP contribution in [0.1, 0.15) is 257 Å². The number of aryl methyl sites for hydroxylation is 1. The van der Waals surface area contributed by atoms with Gasteiger partial charge in [0.25, 0.3) is 5.69 Å². The molecular weight excluding hydrogens is 833 g/mol. The molecule has 0 aromatic heterocycles. The van der Waals surface area contributed by atoms with Crippen LogP contribution in [-0.4, -0.2) is 62.4 Å². The normalized spacial score (nSPS) is 13.0. The molecule has 1 aromatic carbocycles. The van der Waals surface area contributed by atoms with Crippen LogP contribution < -0.4 is 4.31 Å². The van der Waals surface area contributed by atoms with Gasteiger partial charge in [0.1, 0.15) is 11.2 Å². The average Bonchev–Trinajstić information content (AvgIpc) is 3.24. The van der Waals surface area contributed by atoms with Gasteiger partial charge in [-0.3, -0.25) is 24.0 Å². The maximum absolute atomic E-state index is 14.0. The summed E-state index contributed by atoms with van der Waals surface area (Å²) in [6, 6.07) is 4.49. The lowest BCUT2D eigenvalue weighted by Crippen LogP contribution is -2.74. The first-order valence-corrected chi connectivity index (χ1v) is 26.8.